The number of aryl methyl sites for hydroxylation is 1. The average Bonchev–Trinajstić information content (AvgIpc) is 3.19. The molecule has 1 fully saturated rings. The van der Waals surface area contributed by atoms with Crippen LogP contribution in [0, 0.1) is 19.8 Å². The molecule has 1 saturated carbocycles. The number of hydrogen-bond donors (Lipinski definition) is 2. The van der Waals surface area contributed by atoms with E-state index in [0.717, 1.165) is 43.5 Å². The lowest BCUT2D eigenvalue weighted by Gasteiger charge is -2.44. The normalized spacial score (nSPS) is 23.1. The molecule has 1 aliphatic heterocycles. The molecule has 0 radical (unpaired) electrons. The van der Waals surface area contributed by atoms with Crippen LogP contribution in [0.3, 0.4) is 0 Å². The summed E-state index contributed by atoms with van der Waals surface area (Å²) < 4.78 is 12.0. The van der Waals surface area contributed by atoms with Crippen LogP contribution in [-0.2, 0) is 6.54 Å². The summed E-state index contributed by atoms with van der Waals surface area (Å²) in [5.41, 5.74) is 2.40. The summed E-state index contributed by atoms with van der Waals surface area (Å²) >= 11 is 6.74. The molecule has 0 spiro atoms. The van der Waals surface area contributed by atoms with Crippen molar-refractivity contribution < 1.29 is 14.3 Å². The zero-order valence-electron chi connectivity index (χ0n) is 23.0. The summed E-state index contributed by atoms with van der Waals surface area (Å²) in [5.74, 6) is 1.13. The van der Waals surface area contributed by atoms with E-state index < -0.39 is 5.72 Å². The van der Waals surface area contributed by atoms with Crippen molar-refractivity contribution in [3.63, 3.8) is 0 Å². The van der Waals surface area contributed by atoms with Crippen LogP contribution in [0.2, 0.25) is 5.02 Å². The fourth-order valence-electron chi connectivity index (χ4n) is 6.06. The Balaban J connectivity index is 1.60. The number of carbonyl (C=O) groups is 1. The van der Waals surface area contributed by atoms with Gasteiger partial charge >= 0.3 is 0 Å². The molecule has 2 heterocycles. The first-order chi connectivity index (χ1) is 17.5. The van der Waals surface area contributed by atoms with Gasteiger partial charge in [-0.25, -0.2) is 0 Å². The topological polar surface area (TPSA) is 86.9 Å². The number of hydrogen-bond acceptors (Lipinski definition) is 6. The molecule has 9 heteroatoms. The Morgan fingerprint density at radius 1 is 1.27 bits per heavy atom. The van der Waals surface area contributed by atoms with E-state index >= 15 is 0 Å². The van der Waals surface area contributed by atoms with Crippen molar-refractivity contribution in [2.45, 2.75) is 71.7 Å². The number of nitrogens with one attached hydrogen (secondary N) is 2. The van der Waals surface area contributed by atoms with Gasteiger partial charge in [0.15, 0.2) is 11.5 Å². The lowest BCUT2D eigenvalue weighted by molar-refractivity contribution is 0.0123. The highest BCUT2D eigenvalue weighted by molar-refractivity contribution is 6.33. The van der Waals surface area contributed by atoms with Crippen molar-refractivity contribution in [2.75, 3.05) is 32.6 Å². The lowest BCUT2D eigenvalue weighted by atomic mass is 9.79. The number of H-pyrrole nitrogens is 1. The molecule has 8 nitrogen and oxygen atoms in total. The summed E-state index contributed by atoms with van der Waals surface area (Å²) in [6.45, 7) is 8.75. The third-order valence-electron chi connectivity index (χ3n) is 8.20. The van der Waals surface area contributed by atoms with Crippen molar-refractivity contribution in [1.29, 1.82) is 0 Å². The van der Waals surface area contributed by atoms with Crippen LogP contribution < -0.4 is 25.2 Å². The Kier molecular flexibility index (Phi) is 7.81. The summed E-state index contributed by atoms with van der Waals surface area (Å²) in [7, 11) is 5.80. The molecule has 1 unspecified atom stereocenters. The van der Waals surface area contributed by atoms with E-state index in [0.29, 0.717) is 45.3 Å². The van der Waals surface area contributed by atoms with Gasteiger partial charge in [0.05, 0.1) is 29.9 Å². The van der Waals surface area contributed by atoms with E-state index in [-0.39, 0.29) is 18.0 Å². The van der Waals surface area contributed by atoms with Gasteiger partial charge < -0.3 is 29.6 Å². The molecule has 1 aromatic carbocycles. The standard InChI is InChI=1S/C28H39ClN4O4/c1-8-33-24-17(3)20(26(34)30-15-21-23(36-7)13-16(2)31-27(21)35)14-22(29)25(24)37-28(33,4)18-9-11-19(12-10-18)32(5)6/h13-14,18-19H,8-12,15H2,1-7H3,(H,30,34)(H,31,35). The minimum absolute atomic E-state index is 0.0343. The predicted octanol–water partition coefficient (Wildman–Crippen LogP) is 4.64. The Morgan fingerprint density at radius 2 is 1.95 bits per heavy atom. The quantitative estimate of drug-likeness (QED) is 0.542. The van der Waals surface area contributed by atoms with Crippen molar-refractivity contribution in [3.8, 4) is 11.5 Å². The highest BCUT2D eigenvalue weighted by atomic mass is 35.5. The van der Waals surface area contributed by atoms with Crippen LogP contribution in [0.4, 0.5) is 5.69 Å². The number of aromatic amines is 1. The Morgan fingerprint density at radius 3 is 2.54 bits per heavy atom. The number of pyridine rings is 1. The maximum Gasteiger partial charge on any atom is 0.256 e. The summed E-state index contributed by atoms with van der Waals surface area (Å²) in [4.78, 5) is 33.2. The molecule has 1 aliphatic carbocycles. The second-order valence-corrected chi connectivity index (χ2v) is 11.0. The van der Waals surface area contributed by atoms with Crippen molar-refractivity contribution in [1.82, 2.24) is 15.2 Å². The van der Waals surface area contributed by atoms with Crippen LogP contribution >= 0.6 is 11.6 Å². The van der Waals surface area contributed by atoms with Gasteiger partial charge in [-0.1, -0.05) is 11.6 Å². The van der Waals surface area contributed by atoms with E-state index in [4.69, 9.17) is 21.1 Å². The van der Waals surface area contributed by atoms with E-state index in [1.54, 1.807) is 19.1 Å². The van der Waals surface area contributed by atoms with Crippen molar-refractivity contribution in [2.24, 2.45) is 5.92 Å². The van der Waals surface area contributed by atoms with Gasteiger partial charge in [0.2, 0.25) is 0 Å². The highest BCUT2D eigenvalue weighted by Gasteiger charge is 2.50. The molecule has 1 aromatic heterocycles. The molecule has 37 heavy (non-hydrogen) atoms. The SMILES string of the molecule is CCN1c2c(C)c(C(=O)NCc3c(OC)cc(C)[nH]c3=O)cc(Cl)c2OC1(C)C1CCC(N(C)C)CC1. The monoisotopic (exact) mass is 530 g/mol. The predicted molar refractivity (Wildman–Crippen MR) is 147 cm³/mol. The van der Waals surface area contributed by atoms with Gasteiger partial charge in [-0.15, -0.1) is 0 Å². The minimum Gasteiger partial charge on any atom is -0.496 e. The minimum atomic E-state index is -0.527. The molecule has 2 aliphatic rings. The molecule has 2 aromatic rings. The number of amides is 1. The maximum atomic E-state index is 13.3. The van der Waals surface area contributed by atoms with Crippen molar-refractivity contribution >= 4 is 23.2 Å². The molecular formula is C28H39ClN4O4. The van der Waals surface area contributed by atoms with Crippen LogP contribution in [0.25, 0.3) is 0 Å². The van der Waals surface area contributed by atoms with Crippen molar-refractivity contribution in [3.05, 3.63) is 49.9 Å². The van der Waals surface area contributed by atoms with Crippen LogP contribution in [0.1, 0.15) is 66.7 Å². The summed E-state index contributed by atoms with van der Waals surface area (Å²) in [6.07, 6.45) is 4.40. The number of methoxy groups -OCH3 is 1. The lowest BCUT2D eigenvalue weighted by Crippen LogP contribution is -2.54. The van der Waals surface area contributed by atoms with Gasteiger partial charge in [-0.2, -0.15) is 0 Å². The molecular weight excluding hydrogens is 492 g/mol. The largest absolute Gasteiger partial charge is 0.496 e. The van der Waals surface area contributed by atoms with E-state index in [9.17, 15) is 9.59 Å². The zero-order valence-corrected chi connectivity index (χ0v) is 23.7. The zero-order chi connectivity index (χ0) is 27.1. The van der Waals surface area contributed by atoms with Gasteiger partial charge in [-0.3, -0.25) is 9.59 Å². The first kappa shape index (κ1) is 27.3. The molecule has 2 N–H and O–H groups in total. The highest BCUT2D eigenvalue weighted by Crippen LogP contribution is 2.53. The number of nitrogens with zero attached hydrogens (tertiary/aromatic N) is 2. The van der Waals surface area contributed by atoms with Crippen LogP contribution in [-0.4, -0.2) is 55.3 Å². The summed E-state index contributed by atoms with van der Waals surface area (Å²) in [5, 5.41) is 3.30. The Labute approximate surface area is 224 Å². The van der Waals surface area contributed by atoms with E-state index in [2.05, 4.69) is 48.0 Å². The smallest absolute Gasteiger partial charge is 0.256 e. The first-order valence-electron chi connectivity index (χ1n) is 13.0. The second kappa shape index (κ2) is 10.6. The van der Waals surface area contributed by atoms with Crippen LogP contribution in [0.15, 0.2) is 16.9 Å². The van der Waals surface area contributed by atoms with Gasteiger partial charge in [0.1, 0.15) is 5.75 Å². The number of aromatic nitrogens is 1. The molecule has 0 bridgehead atoms. The van der Waals surface area contributed by atoms with Gasteiger partial charge in [-0.05, 0) is 85.2 Å². The van der Waals surface area contributed by atoms with Crippen LogP contribution in [0.5, 0.6) is 11.5 Å². The average molecular weight is 531 g/mol. The van der Waals surface area contributed by atoms with E-state index in [1.165, 1.54) is 7.11 Å². The fourth-order valence-corrected chi connectivity index (χ4v) is 6.29. The Hall–Kier alpha value is -2.71. The second-order valence-electron chi connectivity index (χ2n) is 10.6. The van der Waals surface area contributed by atoms with Gasteiger partial charge in [0.25, 0.3) is 11.5 Å². The molecule has 0 saturated heterocycles. The van der Waals surface area contributed by atoms with E-state index in [1.807, 2.05) is 6.92 Å². The number of anilines is 1. The number of fused-ring (bicyclic) bond motifs is 1. The molecule has 1 amide bonds. The molecule has 4 rings (SSSR count). The fraction of sp³-hybridized carbons (Fsp3) is 0.571. The molecule has 202 valence electrons. The summed E-state index contributed by atoms with van der Waals surface area (Å²) in [6, 6.07) is 4.01. The van der Waals surface area contributed by atoms with Gasteiger partial charge in [0, 0.05) is 29.8 Å². The molecule has 1 atom stereocenters. The number of halogens is 1. The maximum absolute atomic E-state index is 13.3. The third-order valence-corrected chi connectivity index (χ3v) is 8.48. The number of carbonyl (C=O) groups excluding carboxylic acids is 1. The number of rotatable bonds is 7. The Bertz CT molecular complexity index is 1240. The number of ether oxygens (including phenoxy) is 2. The number of benzene rings is 1. The first-order valence-corrected chi connectivity index (χ1v) is 13.4. The third kappa shape index (κ3) is 4.93.